The van der Waals surface area contributed by atoms with E-state index in [-0.39, 0.29) is 0 Å². The van der Waals surface area contributed by atoms with Gasteiger partial charge in [-0.1, -0.05) is 47.3 Å². The van der Waals surface area contributed by atoms with E-state index in [2.05, 4.69) is 34.1 Å². The maximum Gasteiger partial charge on any atom is 0.122 e. The van der Waals surface area contributed by atoms with Crippen molar-refractivity contribution in [3.63, 3.8) is 0 Å². The Balaban J connectivity index is 1.56. The fourth-order valence-corrected chi connectivity index (χ4v) is 4.28. The standard InChI is InChI=1S/C17H23BrO/c18-16-4-2-1-3-13(12-16)5-6-14-7-8-17-15(11-14)9-10-19-17/h7-8,11,13,16H,1-6,9-10,12H2. The Bertz CT molecular complexity index is 429. The summed E-state index contributed by atoms with van der Waals surface area (Å²) in [5.41, 5.74) is 2.91. The molecule has 2 unspecified atom stereocenters. The molecule has 0 aromatic heterocycles. The van der Waals surface area contributed by atoms with Crippen molar-refractivity contribution in [2.45, 2.75) is 56.2 Å². The van der Waals surface area contributed by atoms with Crippen molar-refractivity contribution in [1.82, 2.24) is 0 Å². The molecular formula is C17H23BrO. The topological polar surface area (TPSA) is 9.23 Å². The van der Waals surface area contributed by atoms with Crippen LogP contribution in [0.5, 0.6) is 5.75 Å². The molecule has 1 fully saturated rings. The predicted octanol–water partition coefficient (Wildman–Crippen LogP) is 4.90. The summed E-state index contributed by atoms with van der Waals surface area (Å²) in [5.74, 6) is 2.02. The summed E-state index contributed by atoms with van der Waals surface area (Å²) in [4.78, 5) is 0.758. The van der Waals surface area contributed by atoms with Crippen molar-refractivity contribution in [2.75, 3.05) is 6.61 Å². The second-order valence-corrected chi connectivity index (χ2v) is 7.36. The number of benzene rings is 1. The molecular weight excluding hydrogens is 300 g/mol. The lowest BCUT2D eigenvalue weighted by Crippen LogP contribution is -2.06. The van der Waals surface area contributed by atoms with Gasteiger partial charge < -0.3 is 4.74 Å². The van der Waals surface area contributed by atoms with Crippen LogP contribution in [-0.4, -0.2) is 11.4 Å². The summed E-state index contributed by atoms with van der Waals surface area (Å²) in [5, 5.41) is 0. The van der Waals surface area contributed by atoms with E-state index < -0.39 is 0 Å². The van der Waals surface area contributed by atoms with E-state index in [0.717, 1.165) is 29.5 Å². The highest BCUT2D eigenvalue weighted by Crippen LogP contribution is 2.31. The van der Waals surface area contributed by atoms with Gasteiger partial charge in [0.2, 0.25) is 0 Å². The van der Waals surface area contributed by atoms with E-state index >= 15 is 0 Å². The Morgan fingerprint density at radius 3 is 3.05 bits per heavy atom. The average molecular weight is 323 g/mol. The predicted molar refractivity (Wildman–Crippen MR) is 83.3 cm³/mol. The maximum absolute atomic E-state index is 5.57. The molecule has 1 aromatic carbocycles. The Kier molecular flexibility index (Phi) is 4.47. The highest BCUT2D eigenvalue weighted by Gasteiger charge is 2.18. The molecule has 2 aliphatic rings. The Morgan fingerprint density at radius 2 is 2.11 bits per heavy atom. The Labute approximate surface area is 124 Å². The number of alkyl halides is 1. The molecule has 19 heavy (non-hydrogen) atoms. The van der Waals surface area contributed by atoms with E-state index in [1.165, 1.54) is 56.1 Å². The largest absolute Gasteiger partial charge is 0.493 e. The summed E-state index contributed by atoms with van der Waals surface area (Å²) in [6.45, 7) is 0.868. The summed E-state index contributed by atoms with van der Waals surface area (Å²) < 4.78 is 5.57. The number of aryl methyl sites for hydroxylation is 1. The van der Waals surface area contributed by atoms with Crippen molar-refractivity contribution in [2.24, 2.45) is 5.92 Å². The van der Waals surface area contributed by atoms with Crippen LogP contribution in [0, 0.1) is 5.92 Å². The van der Waals surface area contributed by atoms with Gasteiger partial charge in [-0.05, 0) is 48.8 Å². The number of halogens is 1. The van der Waals surface area contributed by atoms with Gasteiger partial charge in [0.25, 0.3) is 0 Å². The van der Waals surface area contributed by atoms with Crippen LogP contribution in [0.4, 0.5) is 0 Å². The van der Waals surface area contributed by atoms with Crippen LogP contribution in [-0.2, 0) is 12.8 Å². The van der Waals surface area contributed by atoms with Gasteiger partial charge in [0.05, 0.1) is 6.61 Å². The molecule has 1 nitrogen and oxygen atoms in total. The summed E-state index contributed by atoms with van der Waals surface area (Å²) in [7, 11) is 0. The monoisotopic (exact) mass is 322 g/mol. The number of fused-ring (bicyclic) bond motifs is 1. The van der Waals surface area contributed by atoms with Crippen LogP contribution in [0.25, 0.3) is 0 Å². The Hall–Kier alpha value is -0.500. The van der Waals surface area contributed by atoms with E-state index in [1.54, 1.807) is 0 Å². The first-order valence-electron chi connectivity index (χ1n) is 7.70. The molecule has 1 heterocycles. The molecule has 1 aliphatic carbocycles. The molecule has 2 heteroatoms. The fourth-order valence-electron chi connectivity index (χ4n) is 3.42. The smallest absolute Gasteiger partial charge is 0.122 e. The molecule has 1 aliphatic heterocycles. The van der Waals surface area contributed by atoms with Gasteiger partial charge in [0, 0.05) is 11.2 Å². The second kappa shape index (κ2) is 6.30. The van der Waals surface area contributed by atoms with Gasteiger partial charge in [-0.2, -0.15) is 0 Å². The normalized spacial score (nSPS) is 26.6. The van der Waals surface area contributed by atoms with Gasteiger partial charge in [-0.3, -0.25) is 0 Å². The molecule has 0 amide bonds. The highest BCUT2D eigenvalue weighted by atomic mass is 79.9. The number of hydrogen-bond donors (Lipinski definition) is 0. The molecule has 0 bridgehead atoms. The maximum atomic E-state index is 5.57. The van der Waals surface area contributed by atoms with E-state index in [0.29, 0.717) is 0 Å². The Morgan fingerprint density at radius 1 is 1.21 bits per heavy atom. The van der Waals surface area contributed by atoms with Crippen molar-refractivity contribution in [1.29, 1.82) is 0 Å². The molecule has 0 spiro atoms. The minimum atomic E-state index is 0.758. The first kappa shape index (κ1) is 13.5. The molecule has 1 saturated carbocycles. The SMILES string of the molecule is BrC1CCCCC(CCc2ccc3c(c2)CCO3)C1. The molecule has 0 saturated heterocycles. The lowest BCUT2D eigenvalue weighted by molar-refractivity contribution is 0.357. The minimum Gasteiger partial charge on any atom is -0.493 e. The van der Waals surface area contributed by atoms with Gasteiger partial charge in [0.15, 0.2) is 0 Å². The zero-order valence-corrected chi connectivity index (χ0v) is 13.1. The van der Waals surface area contributed by atoms with Crippen LogP contribution < -0.4 is 4.74 Å². The van der Waals surface area contributed by atoms with E-state index in [1.807, 2.05) is 0 Å². The quantitative estimate of drug-likeness (QED) is 0.568. The van der Waals surface area contributed by atoms with Gasteiger partial charge >= 0.3 is 0 Å². The van der Waals surface area contributed by atoms with Crippen molar-refractivity contribution < 1.29 is 4.74 Å². The fraction of sp³-hybridized carbons (Fsp3) is 0.647. The molecule has 0 N–H and O–H groups in total. The van der Waals surface area contributed by atoms with Crippen LogP contribution in [0.15, 0.2) is 18.2 Å². The van der Waals surface area contributed by atoms with Gasteiger partial charge in [-0.25, -0.2) is 0 Å². The van der Waals surface area contributed by atoms with E-state index in [4.69, 9.17) is 4.74 Å². The summed E-state index contributed by atoms with van der Waals surface area (Å²) in [6, 6.07) is 6.79. The number of ether oxygens (including phenoxy) is 1. The van der Waals surface area contributed by atoms with E-state index in [9.17, 15) is 0 Å². The summed E-state index contributed by atoms with van der Waals surface area (Å²) >= 11 is 3.83. The van der Waals surface area contributed by atoms with Crippen molar-refractivity contribution in [3.8, 4) is 5.75 Å². The highest BCUT2D eigenvalue weighted by molar-refractivity contribution is 9.09. The molecule has 104 valence electrons. The van der Waals surface area contributed by atoms with Gasteiger partial charge in [0.1, 0.15) is 5.75 Å². The second-order valence-electron chi connectivity index (χ2n) is 6.06. The van der Waals surface area contributed by atoms with Crippen LogP contribution in [0.2, 0.25) is 0 Å². The van der Waals surface area contributed by atoms with Crippen molar-refractivity contribution in [3.05, 3.63) is 29.3 Å². The van der Waals surface area contributed by atoms with Crippen LogP contribution >= 0.6 is 15.9 Å². The third-order valence-corrected chi connectivity index (χ3v) is 5.40. The molecule has 2 atom stereocenters. The first-order chi connectivity index (χ1) is 9.31. The molecule has 3 rings (SSSR count). The lowest BCUT2D eigenvalue weighted by atomic mass is 9.92. The third-order valence-electron chi connectivity index (χ3n) is 4.56. The minimum absolute atomic E-state index is 0.758. The zero-order valence-electron chi connectivity index (χ0n) is 11.5. The van der Waals surface area contributed by atoms with Crippen LogP contribution in [0.3, 0.4) is 0 Å². The van der Waals surface area contributed by atoms with Crippen molar-refractivity contribution >= 4 is 15.9 Å². The van der Waals surface area contributed by atoms with Crippen LogP contribution in [0.1, 0.15) is 49.7 Å². The zero-order chi connectivity index (χ0) is 13.1. The first-order valence-corrected chi connectivity index (χ1v) is 8.61. The molecule has 0 radical (unpaired) electrons. The lowest BCUT2D eigenvalue weighted by Gasteiger charge is -2.16. The average Bonchev–Trinajstić information content (AvgIpc) is 2.78. The number of hydrogen-bond acceptors (Lipinski definition) is 1. The molecule has 1 aromatic rings. The third kappa shape index (κ3) is 3.53. The summed E-state index contributed by atoms with van der Waals surface area (Å²) in [6.07, 6.45) is 10.7. The number of rotatable bonds is 3. The van der Waals surface area contributed by atoms with Gasteiger partial charge in [-0.15, -0.1) is 0 Å².